The second-order valence-corrected chi connectivity index (χ2v) is 4.13. The Bertz CT molecular complexity index is 310. The molecule has 0 aliphatic rings. The van der Waals surface area contributed by atoms with E-state index in [4.69, 9.17) is 15.2 Å². The third kappa shape index (κ3) is 4.21. The molecule has 0 fully saturated rings. The summed E-state index contributed by atoms with van der Waals surface area (Å²) in [6.45, 7) is 4.70. The van der Waals surface area contributed by atoms with Crippen LogP contribution in [0.1, 0.15) is 20.3 Å². The molecule has 0 bridgehead atoms. The van der Waals surface area contributed by atoms with Crippen LogP contribution in [0.4, 0.5) is 5.69 Å². The maximum absolute atomic E-state index is 5.64. The van der Waals surface area contributed by atoms with Crippen LogP contribution in [0.2, 0.25) is 0 Å². The van der Waals surface area contributed by atoms with E-state index in [0.29, 0.717) is 6.61 Å². The number of hydrogen-bond donors (Lipinski definition) is 1. The Morgan fingerprint density at radius 2 is 2.07 bits per heavy atom. The second kappa shape index (κ2) is 5.03. The van der Waals surface area contributed by atoms with Gasteiger partial charge in [-0.15, -0.1) is 0 Å². The van der Waals surface area contributed by atoms with Gasteiger partial charge in [0, 0.05) is 25.3 Å². The van der Waals surface area contributed by atoms with Crippen molar-refractivity contribution in [3.63, 3.8) is 0 Å². The third-order valence-electron chi connectivity index (χ3n) is 2.38. The topological polar surface area (TPSA) is 44.5 Å². The average Bonchev–Trinajstić information content (AvgIpc) is 2.18. The fourth-order valence-corrected chi connectivity index (χ4v) is 1.12. The van der Waals surface area contributed by atoms with Crippen LogP contribution in [0.15, 0.2) is 24.3 Å². The summed E-state index contributed by atoms with van der Waals surface area (Å²) in [5.41, 5.74) is 6.22. The van der Waals surface area contributed by atoms with E-state index in [9.17, 15) is 0 Å². The fourth-order valence-electron chi connectivity index (χ4n) is 1.12. The van der Waals surface area contributed by atoms with Gasteiger partial charge in [0.25, 0.3) is 0 Å². The average molecular weight is 209 g/mol. The van der Waals surface area contributed by atoms with E-state index in [0.717, 1.165) is 17.9 Å². The SMILES string of the molecule is COC(C)(C)CCOc1cccc(N)c1. The van der Waals surface area contributed by atoms with Crippen molar-refractivity contribution in [2.45, 2.75) is 25.9 Å². The molecule has 0 atom stereocenters. The van der Waals surface area contributed by atoms with Crippen molar-refractivity contribution in [1.82, 2.24) is 0 Å². The molecule has 15 heavy (non-hydrogen) atoms. The van der Waals surface area contributed by atoms with Crippen molar-refractivity contribution in [2.75, 3.05) is 19.5 Å². The van der Waals surface area contributed by atoms with Crippen molar-refractivity contribution >= 4 is 5.69 Å². The van der Waals surface area contributed by atoms with Crippen LogP contribution in [-0.4, -0.2) is 19.3 Å². The van der Waals surface area contributed by atoms with Gasteiger partial charge >= 0.3 is 0 Å². The quantitative estimate of drug-likeness (QED) is 0.758. The van der Waals surface area contributed by atoms with E-state index in [1.54, 1.807) is 7.11 Å². The van der Waals surface area contributed by atoms with Crippen molar-refractivity contribution < 1.29 is 9.47 Å². The first kappa shape index (κ1) is 11.9. The molecule has 1 aromatic carbocycles. The molecule has 0 spiro atoms. The number of ether oxygens (including phenoxy) is 2. The van der Waals surface area contributed by atoms with Crippen molar-refractivity contribution in [2.24, 2.45) is 0 Å². The molecular formula is C12H19NO2. The van der Waals surface area contributed by atoms with Crippen LogP contribution in [-0.2, 0) is 4.74 Å². The molecule has 0 radical (unpaired) electrons. The molecule has 0 saturated heterocycles. The fraction of sp³-hybridized carbons (Fsp3) is 0.500. The normalized spacial score (nSPS) is 11.4. The predicted octanol–water partition coefficient (Wildman–Crippen LogP) is 2.46. The Labute approximate surface area is 91.2 Å². The number of nitrogens with two attached hydrogens (primary N) is 1. The molecule has 3 heteroatoms. The Hall–Kier alpha value is -1.22. The lowest BCUT2D eigenvalue weighted by Gasteiger charge is -2.22. The van der Waals surface area contributed by atoms with E-state index in [1.807, 2.05) is 38.1 Å². The van der Waals surface area contributed by atoms with Crippen molar-refractivity contribution in [3.05, 3.63) is 24.3 Å². The van der Waals surface area contributed by atoms with E-state index in [2.05, 4.69) is 0 Å². The summed E-state index contributed by atoms with van der Waals surface area (Å²) in [7, 11) is 1.71. The summed E-state index contributed by atoms with van der Waals surface area (Å²) >= 11 is 0. The molecule has 1 aromatic rings. The minimum atomic E-state index is -0.139. The highest BCUT2D eigenvalue weighted by Crippen LogP contribution is 2.17. The molecule has 1 rings (SSSR count). The highest BCUT2D eigenvalue weighted by molar-refractivity contribution is 5.43. The summed E-state index contributed by atoms with van der Waals surface area (Å²) in [6, 6.07) is 7.44. The highest BCUT2D eigenvalue weighted by atomic mass is 16.5. The van der Waals surface area contributed by atoms with Gasteiger partial charge in [0.1, 0.15) is 5.75 Å². The first-order valence-electron chi connectivity index (χ1n) is 5.07. The molecule has 0 aromatic heterocycles. The molecule has 2 N–H and O–H groups in total. The number of hydrogen-bond acceptors (Lipinski definition) is 3. The van der Waals surface area contributed by atoms with Crippen LogP contribution in [0.3, 0.4) is 0 Å². The summed E-state index contributed by atoms with van der Waals surface area (Å²) < 4.78 is 10.9. The van der Waals surface area contributed by atoms with Gasteiger partial charge in [0.2, 0.25) is 0 Å². The van der Waals surface area contributed by atoms with Crippen LogP contribution >= 0.6 is 0 Å². The Morgan fingerprint density at radius 3 is 2.67 bits per heavy atom. The van der Waals surface area contributed by atoms with Gasteiger partial charge in [-0.2, -0.15) is 0 Å². The molecule has 0 saturated carbocycles. The van der Waals surface area contributed by atoms with E-state index < -0.39 is 0 Å². The van der Waals surface area contributed by atoms with Crippen LogP contribution in [0.5, 0.6) is 5.75 Å². The summed E-state index contributed by atoms with van der Waals surface area (Å²) in [4.78, 5) is 0. The zero-order chi connectivity index (χ0) is 11.3. The lowest BCUT2D eigenvalue weighted by Crippen LogP contribution is -2.25. The van der Waals surface area contributed by atoms with E-state index in [-0.39, 0.29) is 5.60 Å². The van der Waals surface area contributed by atoms with Crippen molar-refractivity contribution in [3.8, 4) is 5.75 Å². The van der Waals surface area contributed by atoms with Gasteiger partial charge in [-0.05, 0) is 26.0 Å². The minimum Gasteiger partial charge on any atom is -0.493 e. The molecule has 0 unspecified atom stereocenters. The Balaban J connectivity index is 2.38. The third-order valence-corrected chi connectivity index (χ3v) is 2.38. The monoisotopic (exact) mass is 209 g/mol. The molecule has 0 aliphatic heterocycles. The van der Waals surface area contributed by atoms with Gasteiger partial charge in [-0.25, -0.2) is 0 Å². The maximum atomic E-state index is 5.64. The smallest absolute Gasteiger partial charge is 0.121 e. The van der Waals surface area contributed by atoms with Crippen LogP contribution in [0, 0.1) is 0 Å². The molecule has 0 amide bonds. The first-order chi connectivity index (χ1) is 7.03. The number of anilines is 1. The lowest BCUT2D eigenvalue weighted by molar-refractivity contribution is 0.00546. The van der Waals surface area contributed by atoms with Gasteiger partial charge in [0.15, 0.2) is 0 Å². The van der Waals surface area contributed by atoms with Gasteiger partial charge < -0.3 is 15.2 Å². The second-order valence-electron chi connectivity index (χ2n) is 4.13. The maximum Gasteiger partial charge on any atom is 0.121 e. The number of nitrogen functional groups attached to an aromatic ring is 1. The van der Waals surface area contributed by atoms with Gasteiger partial charge in [-0.1, -0.05) is 6.07 Å². The Kier molecular flexibility index (Phi) is 3.97. The van der Waals surface area contributed by atoms with Crippen LogP contribution < -0.4 is 10.5 Å². The molecule has 0 heterocycles. The number of methoxy groups -OCH3 is 1. The number of rotatable bonds is 5. The molecular weight excluding hydrogens is 190 g/mol. The summed E-state index contributed by atoms with van der Waals surface area (Å²) in [5, 5.41) is 0. The summed E-state index contributed by atoms with van der Waals surface area (Å²) in [5.74, 6) is 0.807. The number of benzene rings is 1. The van der Waals surface area contributed by atoms with Crippen molar-refractivity contribution in [1.29, 1.82) is 0 Å². The zero-order valence-corrected chi connectivity index (χ0v) is 9.62. The molecule has 0 aliphatic carbocycles. The van der Waals surface area contributed by atoms with Gasteiger partial charge in [0.05, 0.1) is 12.2 Å². The Morgan fingerprint density at radius 1 is 1.33 bits per heavy atom. The standard InChI is InChI=1S/C12H19NO2/c1-12(2,14-3)7-8-15-11-6-4-5-10(13)9-11/h4-6,9H,7-8,13H2,1-3H3. The zero-order valence-electron chi connectivity index (χ0n) is 9.62. The van der Waals surface area contributed by atoms with Gasteiger partial charge in [-0.3, -0.25) is 0 Å². The minimum absolute atomic E-state index is 0.139. The van der Waals surface area contributed by atoms with E-state index >= 15 is 0 Å². The van der Waals surface area contributed by atoms with E-state index in [1.165, 1.54) is 0 Å². The molecule has 84 valence electrons. The van der Waals surface area contributed by atoms with Crippen LogP contribution in [0.25, 0.3) is 0 Å². The molecule has 3 nitrogen and oxygen atoms in total. The first-order valence-corrected chi connectivity index (χ1v) is 5.07. The lowest BCUT2D eigenvalue weighted by atomic mass is 10.1. The highest BCUT2D eigenvalue weighted by Gasteiger charge is 2.15. The summed E-state index contributed by atoms with van der Waals surface area (Å²) in [6.07, 6.45) is 0.846. The largest absolute Gasteiger partial charge is 0.493 e. The predicted molar refractivity (Wildman–Crippen MR) is 62.1 cm³/mol.